The topological polar surface area (TPSA) is 41.5 Å². The van der Waals surface area contributed by atoms with Crippen molar-refractivity contribution in [2.75, 3.05) is 13.7 Å². The average Bonchev–Trinajstić information content (AvgIpc) is 2.39. The summed E-state index contributed by atoms with van der Waals surface area (Å²) in [6.07, 6.45) is 2.51. The lowest BCUT2D eigenvalue weighted by Crippen LogP contribution is -2.38. The molecule has 2 N–H and O–H groups in total. The molecule has 2 atom stereocenters. The molecule has 94 valence electrons. The van der Waals surface area contributed by atoms with E-state index in [0.29, 0.717) is 5.56 Å². The van der Waals surface area contributed by atoms with Crippen LogP contribution in [0.5, 0.6) is 5.75 Å². The van der Waals surface area contributed by atoms with Gasteiger partial charge in [0.2, 0.25) is 0 Å². The highest BCUT2D eigenvalue weighted by Gasteiger charge is 2.23. The fraction of sp³-hybridized carbons (Fsp3) is 0.538. The normalized spacial score (nSPS) is 22.2. The van der Waals surface area contributed by atoms with Crippen LogP contribution in [0.25, 0.3) is 0 Å². The number of nitrogens with one attached hydrogen (secondary N) is 1. The van der Waals surface area contributed by atoms with Crippen LogP contribution < -0.4 is 10.1 Å². The monoisotopic (exact) mass is 239 g/mol. The third kappa shape index (κ3) is 2.76. The molecule has 0 bridgehead atoms. The van der Waals surface area contributed by atoms with Gasteiger partial charge in [0, 0.05) is 6.04 Å². The van der Waals surface area contributed by atoms with Gasteiger partial charge < -0.3 is 15.2 Å². The van der Waals surface area contributed by atoms with Crippen LogP contribution >= 0.6 is 0 Å². The first-order valence-corrected chi connectivity index (χ1v) is 5.97. The molecule has 0 aliphatic carbocycles. The lowest BCUT2D eigenvalue weighted by Gasteiger charge is -2.28. The standard InChI is InChI=1S/C13H18FNO2/c1-17-12-6-5-9(8-10(12)14)13(16)11-4-2-3-7-15-11/h5-6,8,11,13,15-16H,2-4,7H2,1H3. The van der Waals surface area contributed by atoms with E-state index in [1.54, 1.807) is 12.1 Å². The zero-order valence-electron chi connectivity index (χ0n) is 9.95. The van der Waals surface area contributed by atoms with Crippen LogP contribution in [-0.4, -0.2) is 24.8 Å². The molecular weight excluding hydrogens is 221 g/mol. The lowest BCUT2D eigenvalue weighted by molar-refractivity contribution is 0.113. The Morgan fingerprint density at radius 3 is 2.88 bits per heavy atom. The summed E-state index contributed by atoms with van der Waals surface area (Å²) in [5.74, 6) is -0.225. The molecule has 0 radical (unpaired) electrons. The fourth-order valence-corrected chi connectivity index (χ4v) is 2.25. The predicted molar refractivity (Wildman–Crippen MR) is 63.6 cm³/mol. The molecule has 4 heteroatoms. The highest BCUT2D eigenvalue weighted by Crippen LogP contribution is 2.26. The number of aliphatic hydroxyl groups is 1. The van der Waals surface area contributed by atoms with Crippen LogP contribution in [0, 0.1) is 5.82 Å². The van der Waals surface area contributed by atoms with Gasteiger partial charge in [-0.15, -0.1) is 0 Å². The minimum atomic E-state index is -0.657. The number of hydrogen-bond acceptors (Lipinski definition) is 3. The van der Waals surface area contributed by atoms with Crippen LogP contribution in [0.4, 0.5) is 4.39 Å². The van der Waals surface area contributed by atoms with E-state index in [2.05, 4.69) is 5.32 Å². The van der Waals surface area contributed by atoms with Crippen molar-refractivity contribution in [1.82, 2.24) is 5.32 Å². The molecule has 2 unspecified atom stereocenters. The first-order chi connectivity index (χ1) is 8.22. The maximum atomic E-state index is 13.5. The van der Waals surface area contributed by atoms with Crippen molar-refractivity contribution in [1.29, 1.82) is 0 Å². The van der Waals surface area contributed by atoms with Crippen molar-refractivity contribution in [3.63, 3.8) is 0 Å². The number of ether oxygens (including phenoxy) is 1. The minimum Gasteiger partial charge on any atom is -0.494 e. The third-order valence-corrected chi connectivity index (χ3v) is 3.25. The Morgan fingerprint density at radius 1 is 1.47 bits per heavy atom. The second kappa shape index (κ2) is 5.47. The third-order valence-electron chi connectivity index (χ3n) is 3.25. The number of benzene rings is 1. The maximum Gasteiger partial charge on any atom is 0.165 e. The van der Waals surface area contributed by atoms with Gasteiger partial charge in [0.1, 0.15) is 0 Å². The van der Waals surface area contributed by atoms with E-state index in [-0.39, 0.29) is 11.8 Å². The Morgan fingerprint density at radius 2 is 2.29 bits per heavy atom. The lowest BCUT2D eigenvalue weighted by atomic mass is 9.95. The fourth-order valence-electron chi connectivity index (χ4n) is 2.25. The van der Waals surface area contributed by atoms with Gasteiger partial charge in [0.05, 0.1) is 13.2 Å². The van der Waals surface area contributed by atoms with Crippen LogP contribution in [0.3, 0.4) is 0 Å². The summed E-state index contributed by atoms with van der Waals surface area (Å²) in [6, 6.07) is 4.64. The molecule has 1 aliphatic rings. The second-order valence-corrected chi connectivity index (χ2v) is 4.40. The van der Waals surface area contributed by atoms with Crippen LogP contribution in [0.2, 0.25) is 0 Å². The molecule has 1 aromatic rings. The highest BCUT2D eigenvalue weighted by molar-refractivity contribution is 5.31. The highest BCUT2D eigenvalue weighted by atomic mass is 19.1. The van der Waals surface area contributed by atoms with E-state index in [9.17, 15) is 9.50 Å². The summed E-state index contributed by atoms with van der Waals surface area (Å²) in [7, 11) is 1.43. The van der Waals surface area contributed by atoms with Crippen molar-refractivity contribution in [2.24, 2.45) is 0 Å². The quantitative estimate of drug-likeness (QED) is 0.847. The van der Waals surface area contributed by atoms with Crippen molar-refractivity contribution < 1.29 is 14.2 Å². The van der Waals surface area contributed by atoms with Crippen LogP contribution in [-0.2, 0) is 0 Å². The van der Waals surface area contributed by atoms with E-state index >= 15 is 0 Å². The first-order valence-electron chi connectivity index (χ1n) is 5.97. The second-order valence-electron chi connectivity index (χ2n) is 4.40. The number of methoxy groups -OCH3 is 1. The Bertz CT molecular complexity index is 378. The minimum absolute atomic E-state index is 0.0246. The summed E-state index contributed by atoms with van der Waals surface area (Å²) < 4.78 is 18.4. The van der Waals surface area contributed by atoms with Crippen molar-refractivity contribution in [3.05, 3.63) is 29.6 Å². The summed E-state index contributed by atoms with van der Waals surface area (Å²) in [4.78, 5) is 0. The Balaban J connectivity index is 2.12. The molecule has 0 aromatic heterocycles. The van der Waals surface area contributed by atoms with Gasteiger partial charge >= 0.3 is 0 Å². The smallest absolute Gasteiger partial charge is 0.165 e. The van der Waals surface area contributed by atoms with Crippen molar-refractivity contribution in [2.45, 2.75) is 31.4 Å². The van der Waals surface area contributed by atoms with Crippen LogP contribution in [0.15, 0.2) is 18.2 Å². The average molecular weight is 239 g/mol. The van der Waals surface area contributed by atoms with Crippen molar-refractivity contribution in [3.8, 4) is 5.75 Å². The van der Waals surface area contributed by atoms with Gasteiger partial charge in [0.25, 0.3) is 0 Å². The molecular formula is C13H18FNO2. The SMILES string of the molecule is COc1ccc(C(O)C2CCCCN2)cc1F. The number of hydrogen-bond donors (Lipinski definition) is 2. The number of halogens is 1. The molecule has 17 heavy (non-hydrogen) atoms. The van der Waals surface area contributed by atoms with Gasteiger partial charge in [-0.2, -0.15) is 0 Å². The number of aliphatic hydroxyl groups excluding tert-OH is 1. The van der Waals surface area contributed by atoms with Crippen LogP contribution in [0.1, 0.15) is 30.9 Å². The Kier molecular flexibility index (Phi) is 3.97. The van der Waals surface area contributed by atoms with Gasteiger partial charge in [-0.05, 0) is 37.1 Å². The first kappa shape index (κ1) is 12.3. The summed E-state index contributed by atoms with van der Waals surface area (Å²) in [5.41, 5.74) is 0.600. The molecule has 0 amide bonds. The zero-order chi connectivity index (χ0) is 12.3. The molecule has 2 rings (SSSR count). The zero-order valence-corrected chi connectivity index (χ0v) is 9.95. The molecule has 1 fully saturated rings. The molecule has 3 nitrogen and oxygen atoms in total. The summed E-state index contributed by atoms with van der Waals surface area (Å²) >= 11 is 0. The van der Waals surface area contributed by atoms with Gasteiger partial charge in [-0.25, -0.2) is 4.39 Å². The van der Waals surface area contributed by atoms with Gasteiger partial charge in [-0.1, -0.05) is 12.5 Å². The number of piperidine rings is 1. The van der Waals surface area contributed by atoms with E-state index in [1.807, 2.05) is 0 Å². The van der Waals surface area contributed by atoms with Crippen molar-refractivity contribution >= 4 is 0 Å². The molecule has 1 heterocycles. The largest absolute Gasteiger partial charge is 0.494 e. The van der Waals surface area contributed by atoms with E-state index < -0.39 is 11.9 Å². The Hall–Kier alpha value is -1.13. The van der Waals surface area contributed by atoms with E-state index in [0.717, 1.165) is 25.8 Å². The summed E-state index contributed by atoms with van der Waals surface area (Å²) in [5, 5.41) is 13.4. The van der Waals surface area contributed by atoms with E-state index in [4.69, 9.17) is 4.74 Å². The predicted octanol–water partition coefficient (Wildman–Crippen LogP) is 2.01. The molecule has 0 spiro atoms. The molecule has 1 aromatic carbocycles. The molecule has 1 saturated heterocycles. The Labute approximate surface area is 101 Å². The molecule has 0 saturated carbocycles. The van der Waals surface area contributed by atoms with Gasteiger partial charge in [-0.3, -0.25) is 0 Å². The molecule has 1 aliphatic heterocycles. The van der Waals surface area contributed by atoms with E-state index in [1.165, 1.54) is 13.2 Å². The maximum absolute atomic E-state index is 13.5. The summed E-state index contributed by atoms with van der Waals surface area (Å²) in [6.45, 7) is 0.917. The van der Waals surface area contributed by atoms with Gasteiger partial charge in [0.15, 0.2) is 11.6 Å². The number of rotatable bonds is 3.